The molecule has 1 aliphatic rings. The predicted molar refractivity (Wildman–Crippen MR) is 57.7 cm³/mol. The van der Waals surface area contributed by atoms with E-state index in [-0.39, 0.29) is 18.1 Å². The molecule has 0 aliphatic carbocycles. The number of amides is 1. The highest BCUT2D eigenvalue weighted by Crippen LogP contribution is 2.30. The summed E-state index contributed by atoms with van der Waals surface area (Å²) < 4.78 is 0. The Bertz CT molecular complexity index is 518. The minimum atomic E-state index is -0.907. The lowest BCUT2D eigenvalue weighted by molar-refractivity contribution is -0.147. The van der Waals surface area contributed by atoms with Crippen molar-refractivity contribution in [1.82, 2.24) is 14.9 Å². The van der Waals surface area contributed by atoms with Crippen molar-refractivity contribution in [3.8, 4) is 0 Å². The van der Waals surface area contributed by atoms with E-state index in [2.05, 4.69) is 9.97 Å². The fourth-order valence-electron chi connectivity index (χ4n) is 1.93. The molecule has 1 saturated heterocycles. The fourth-order valence-corrected chi connectivity index (χ4v) is 1.93. The molecule has 92 valence electrons. The molecule has 1 unspecified atom stereocenters. The second-order valence-electron chi connectivity index (χ2n) is 4.50. The first-order chi connectivity index (χ1) is 7.92. The van der Waals surface area contributed by atoms with Crippen LogP contribution < -0.4 is 5.69 Å². The number of nitrogens with one attached hydrogen (secondary N) is 2. The van der Waals surface area contributed by atoms with E-state index in [1.165, 1.54) is 11.1 Å². The van der Waals surface area contributed by atoms with E-state index in [1.54, 1.807) is 6.92 Å². The lowest BCUT2D eigenvalue weighted by atomic mass is 9.90. The summed E-state index contributed by atoms with van der Waals surface area (Å²) in [6.45, 7) is 2.16. The third-order valence-corrected chi connectivity index (χ3v) is 3.10. The molecule has 2 rings (SSSR count). The number of aromatic nitrogens is 2. The van der Waals surface area contributed by atoms with Crippen molar-refractivity contribution in [3.63, 3.8) is 0 Å². The number of carboxylic acid groups (broad SMARTS) is 1. The average Bonchev–Trinajstić information content (AvgIpc) is 2.85. The predicted octanol–water partition coefficient (Wildman–Crippen LogP) is -0.360. The van der Waals surface area contributed by atoms with E-state index < -0.39 is 17.1 Å². The molecule has 0 spiro atoms. The Balaban J connectivity index is 2.14. The van der Waals surface area contributed by atoms with Crippen LogP contribution in [-0.4, -0.2) is 44.9 Å². The van der Waals surface area contributed by atoms with Gasteiger partial charge in [0.2, 0.25) is 0 Å². The molecule has 7 nitrogen and oxygen atoms in total. The molecule has 2 heterocycles. The summed E-state index contributed by atoms with van der Waals surface area (Å²) in [6, 6.07) is 0. The van der Waals surface area contributed by atoms with Crippen LogP contribution in [-0.2, 0) is 4.79 Å². The van der Waals surface area contributed by atoms with Crippen molar-refractivity contribution in [2.45, 2.75) is 13.3 Å². The molecule has 1 fully saturated rings. The van der Waals surface area contributed by atoms with Crippen molar-refractivity contribution in [2.24, 2.45) is 5.41 Å². The number of imidazole rings is 1. The molecule has 1 aromatic heterocycles. The Morgan fingerprint density at radius 2 is 2.24 bits per heavy atom. The third kappa shape index (κ3) is 1.95. The molecule has 7 heteroatoms. The summed E-state index contributed by atoms with van der Waals surface area (Å²) in [5, 5.41) is 9.04. The maximum atomic E-state index is 11.9. The number of carbonyl (C=O) groups excluding carboxylic acids is 1. The molecule has 17 heavy (non-hydrogen) atoms. The van der Waals surface area contributed by atoms with Crippen molar-refractivity contribution in [1.29, 1.82) is 0 Å². The number of aromatic amines is 2. The Morgan fingerprint density at radius 3 is 2.71 bits per heavy atom. The van der Waals surface area contributed by atoms with Crippen molar-refractivity contribution in [2.75, 3.05) is 13.1 Å². The molecule has 0 radical (unpaired) electrons. The molecule has 1 amide bonds. The zero-order chi connectivity index (χ0) is 12.6. The first-order valence-electron chi connectivity index (χ1n) is 5.23. The van der Waals surface area contributed by atoms with Crippen LogP contribution in [0.15, 0.2) is 11.0 Å². The normalized spacial score (nSPS) is 23.9. The van der Waals surface area contributed by atoms with Gasteiger partial charge in [-0.2, -0.15) is 0 Å². The number of carboxylic acids is 1. The maximum Gasteiger partial charge on any atom is 0.323 e. The van der Waals surface area contributed by atoms with Crippen LogP contribution in [0.5, 0.6) is 0 Å². The molecule has 0 aromatic carbocycles. The van der Waals surface area contributed by atoms with Crippen LogP contribution in [0.1, 0.15) is 23.8 Å². The Labute approximate surface area is 96.4 Å². The monoisotopic (exact) mass is 239 g/mol. The van der Waals surface area contributed by atoms with Crippen LogP contribution in [0.3, 0.4) is 0 Å². The number of likely N-dealkylation sites (tertiary alicyclic amines) is 1. The number of hydrogen-bond donors (Lipinski definition) is 3. The standard InChI is InChI=1S/C10H13N3O4/c1-10(8(15)16)2-3-13(5-10)7(14)6-4-11-9(17)12-6/h4H,2-3,5H2,1H3,(H,15,16)(H2,11,12,17). The van der Waals surface area contributed by atoms with Crippen LogP contribution in [0.4, 0.5) is 0 Å². The van der Waals surface area contributed by atoms with Gasteiger partial charge in [-0.25, -0.2) is 4.79 Å². The van der Waals surface area contributed by atoms with E-state index in [1.807, 2.05) is 0 Å². The largest absolute Gasteiger partial charge is 0.481 e. The van der Waals surface area contributed by atoms with Gasteiger partial charge in [-0.05, 0) is 13.3 Å². The lowest BCUT2D eigenvalue weighted by Crippen LogP contribution is -2.35. The van der Waals surface area contributed by atoms with Gasteiger partial charge in [0.05, 0.1) is 5.41 Å². The third-order valence-electron chi connectivity index (χ3n) is 3.10. The van der Waals surface area contributed by atoms with Gasteiger partial charge >= 0.3 is 11.7 Å². The molecule has 1 aromatic rings. The van der Waals surface area contributed by atoms with Gasteiger partial charge in [0.25, 0.3) is 5.91 Å². The van der Waals surface area contributed by atoms with E-state index in [4.69, 9.17) is 5.11 Å². The van der Waals surface area contributed by atoms with Gasteiger partial charge in [0, 0.05) is 19.3 Å². The minimum absolute atomic E-state index is 0.157. The maximum absolute atomic E-state index is 11.9. The van der Waals surface area contributed by atoms with E-state index in [0.29, 0.717) is 13.0 Å². The Morgan fingerprint density at radius 1 is 1.53 bits per heavy atom. The van der Waals surface area contributed by atoms with Crippen molar-refractivity contribution < 1.29 is 14.7 Å². The fraction of sp³-hybridized carbons (Fsp3) is 0.500. The molecule has 3 N–H and O–H groups in total. The van der Waals surface area contributed by atoms with Crippen molar-refractivity contribution >= 4 is 11.9 Å². The highest BCUT2D eigenvalue weighted by Gasteiger charge is 2.42. The molecular weight excluding hydrogens is 226 g/mol. The van der Waals surface area contributed by atoms with Crippen LogP contribution in [0.25, 0.3) is 0 Å². The molecule has 1 aliphatic heterocycles. The first kappa shape index (κ1) is 11.4. The second-order valence-corrected chi connectivity index (χ2v) is 4.50. The van der Waals surface area contributed by atoms with Crippen LogP contribution in [0.2, 0.25) is 0 Å². The SMILES string of the molecule is CC1(C(=O)O)CCN(C(=O)c2c[nH]c(=O)[nH]2)C1. The van der Waals surface area contributed by atoms with Gasteiger partial charge in [0.1, 0.15) is 5.69 Å². The summed E-state index contributed by atoms with van der Waals surface area (Å²) >= 11 is 0. The van der Waals surface area contributed by atoms with E-state index in [0.717, 1.165) is 0 Å². The summed E-state index contributed by atoms with van der Waals surface area (Å²) in [6.07, 6.45) is 1.71. The Kier molecular flexibility index (Phi) is 2.53. The number of rotatable bonds is 2. The van der Waals surface area contributed by atoms with Crippen LogP contribution in [0, 0.1) is 5.41 Å². The topological polar surface area (TPSA) is 106 Å². The quantitative estimate of drug-likeness (QED) is 0.655. The van der Waals surface area contributed by atoms with E-state index in [9.17, 15) is 14.4 Å². The first-order valence-corrected chi connectivity index (χ1v) is 5.23. The van der Waals surface area contributed by atoms with Gasteiger partial charge in [0.15, 0.2) is 0 Å². The number of H-pyrrole nitrogens is 2. The number of hydrogen-bond acceptors (Lipinski definition) is 3. The molecule has 1 atom stereocenters. The van der Waals surface area contributed by atoms with Gasteiger partial charge < -0.3 is 20.0 Å². The summed E-state index contributed by atoms with van der Waals surface area (Å²) in [7, 11) is 0. The summed E-state index contributed by atoms with van der Waals surface area (Å²) in [4.78, 5) is 40.0. The Hall–Kier alpha value is -2.05. The van der Waals surface area contributed by atoms with Gasteiger partial charge in [-0.1, -0.05) is 0 Å². The highest BCUT2D eigenvalue weighted by atomic mass is 16.4. The highest BCUT2D eigenvalue weighted by molar-refractivity contribution is 5.93. The average molecular weight is 239 g/mol. The van der Waals surface area contributed by atoms with Gasteiger partial charge in [-0.15, -0.1) is 0 Å². The number of nitrogens with zero attached hydrogens (tertiary/aromatic N) is 1. The van der Waals surface area contributed by atoms with Crippen molar-refractivity contribution in [3.05, 3.63) is 22.4 Å². The summed E-state index contributed by atoms with van der Waals surface area (Å²) in [5.74, 6) is -1.26. The van der Waals surface area contributed by atoms with E-state index >= 15 is 0 Å². The molecule has 0 bridgehead atoms. The number of carbonyl (C=O) groups is 2. The summed E-state index contributed by atoms with van der Waals surface area (Å²) in [5.41, 5.74) is -1.19. The van der Waals surface area contributed by atoms with Gasteiger partial charge in [-0.3, -0.25) is 9.59 Å². The minimum Gasteiger partial charge on any atom is -0.481 e. The number of aliphatic carboxylic acids is 1. The van der Waals surface area contributed by atoms with Crippen LogP contribution >= 0.6 is 0 Å². The zero-order valence-electron chi connectivity index (χ0n) is 9.32. The lowest BCUT2D eigenvalue weighted by Gasteiger charge is -2.19. The smallest absolute Gasteiger partial charge is 0.323 e. The zero-order valence-corrected chi connectivity index (χ0v) is 9.32. The second kappa shape index (κ2) is 3.76. The molecular formula is C10H13N3O4. The molecule has 0 saturated carbocycles.